The molecule has 0 saturated carbocycles. The van der Waals surface area contributed by atoms with Gasteiger partial charge in [-0.05, 0) is 12.1 Å². The van der Waals surface area contributed by atoms with E-state index >= 15 is 0 Å². The van der Waals surface area contributed by atoms with E-state index in [0.29, 0.717) is 10.8 Å². The molecule has 0 spiro atoms. The van der Waals surface area contributed by atoms with E-state index in [9.17, 15) is 9.18 Å². The SMILES string of the molecule is O=C(O)C1CSC(c2ccc(O)cc2F)=N1. The van der Waals surface area contributed by atoms with Crippen molar-refractivity contribution in [3.63, 3.8) is 0 Å². The Hall–Kier alpha value is -1.56. The zero-order valence-electron chi connectivity index (χ0n) is 8.05. The highest BCUT2D eigenvalue weighted by molar-refractivity contribution is 8.14. The highest BCUT2D eigenvalue weighted by atomic mass is 32.2. The molecule has 0 radical (unpaired) electrons. The van der Waals surface area contributed by atoms with Crippen LogP contribution in [0.25, 0.3) is 0 Å². The van der Waals surface area contributed by atoms with Crippen LogP contribution in [0.3, 0.4) is 0 Å². The van der Waals surface area contributed by atoms with Crippen LogP contribution in [0.4, 0.5) is 4.39 Å². The molecule has 1 unspecified atom stereocenters. The van der Waals surface area contributed by atoms with Gasteiger partial charge in [0.1, 0.15) is 16.6 Å². The van der Waals surface area contributed by atoms with Gasteiger partial charge in [0.2, 0.25) is 0 Å². The lowest BCUT2D eigenvalue weighted by atomic mass is 10.2. The first kappa shape index (κ1) is 10.9. The zero-order valence-corrected chi connectivity index (χ0v) is 8.87. The number of carboxylic acids is 1. The number of carboxylic acid groups (broad SMARTS) is 1. The summed E-state index contributed by atoms with van der Waals surface area (Å²) in [4.78, 5) is 14.6. The maximum Gasteiger partial charge on any atom is 0.329 e. The van der Waals surface area contributed by atoms with Crippen LogP contribution in [0, 0.1) is 5.82 Å². The quantitative estimate of drug-likeness (QED) is 0.822. The molecule has 0 saturated heterocycles. The molecular formula is C10H8FNO3S. The van der Waals surface area contributed by atoms with Crippen molar-refractivity contribution in [2.75, 3.05) is 5.75 Å². The first-order valence-corrected chi connectivity index (χ1v) is 5.49. The molecule has 2 rings (SSSR count). The lowest BCUT2D eigenvalue weighted by Crippen LogP contribution is -2.17. The number of thioether (sulfide) groups is 1. The van der Waals surface area contributed by atoms with E-state index < -0.39 is 17.8 Å². The van der Waals surface area contributed by atoms with Crippen molar-refractivity contribution in [1.29, 1.82) is 0 Å². The van der Waals surface area contributed by atoms with E-state index in [1.165, 1.54) is 23.9 Å². The number of phenolic OH excluding ortho intramolecular Hbond substituents is 1. The third kappa shape index (κ3) is 2.01. The molecule has 0 fully saturated rings. The van der Waals surface area contributed by atoms with Gasteiger partial charge in [0.15, 0.2) is 6.04 Å². The van der Waals surface area contributed by atoms with Crippen LogP contribution in [0.5, 0.6) is 5.75 Å². The van der Waals surface area contributed by atoms with Gasteiger partial charge < -0.3 is 10.2 Å². The van der Waals surface area contributed by atoms with Crippen molar-refractivity contribution in [1.82, 2.24) is 0 Å². The minimum Gasteiger partial charge on any atom is -0.508 e. The smallest absolute Gasteiger partial charge is 0.329 e. The number of hydrogen-bond donors (Lipinski definition) is 2. The maximum atomic E-state index is 13.4. The van der Waals surface area contributed by atoms with Crippen LogP contribution in [0.1, 0.15) is 5.56 Å². The van der Waals surface area contributed by atoms with E-state index in [1.807, 2.05) is 0 Å². The van der Waals surface area contributed by atoms with E-state index in [2.05, 4.69) is 4.99 Å². The van der Waals surface area contributed by atoms with Gasteiger partial charge in [-0.2, -0.15) is 0 Å². The molecular weight excluding hydrogens is 233 g/mol. The Bertz CT molecular complexity index is 475. The first-order valence-electron chi connectivity index (χ1n) is 4.50. The number of halogens is 1. The van der Waals surface area contributed by atoms with Crippen molar-refractivity contribution in [3.8, 4) is 5.75 Å². The number of phenols is 1. The molecule has 0 aromatic heterocycles. The molecule has 84 valence electrons. The van der Waals surface area contributed by atoms with Crippen LogP contribution < -0.4 is 0 Å². The Labute approximate surface area is 94.8 Å². The molecule has 2 N–H and O–H groups in total. The van der Waals surface area contributed by atoms with Crippen LogP contribution in [0.2, 0.25) is 0 Å². The van der Waals surface area contributed by atoms with Crippen molar-refractivity contribution in [3.05, 3.63) is 29.6 Å². The highest BCUT2D eigenvalue weighted by Crippen LogP contribution is 2.26. The van der Waals surface area contributed by atoms with Gasteiger partial charge in [-0.25, -0.2) is 9.18 Å². The Morgan fingerprint density at radius 3 is 2.88 bits per heavy atom. The zero-order chi connectivity index (χ0) is 11.7. The van der Waals surface area contributed by atoms with Gasteiger partial charge in [-0.1, -0.05) is 0 Å². The molecule has 0 bridgehead atoms. The number of nitrogens with zero attached hydrogens (tertiary/aromatic N) is 1. The Balaban J connectivity index is 2.32. The van der Waals surface area contributed by atoms with E-state index in [-0.39, 0.29) is 11.3 Å². The minimum absolute atomic E-state index is 0.167. The number of hydrogen-bond acceptors (Lipinski definition) is 4. The number of aliphatic imine (C=N–C) groups is 1. The fourth-order valence-corrected chi connectivity index (χ4v) is 2.38. The summed E-state index contributed by atoms with van der Waals surface area (Å²) in [6.07, 6.45) is 0. The second-order valence-corrected chi connectivity index (χ2v) is 4.27. The Kier molecular flexibility index (Phi) is 2.82. The standard InChI is InChI=1S/C10H8FNO3S/c11-7-3-5(13)1-2-6(7)9-12-8(4-16-9)10(14)15/h1-3,8,13H,4H2,(H,14,15). The average Bonchev–Trinajstić information content (AvgIpc) is 2.66. The van der Waals surface area contributed by atoms with Gasteiger partial charge in [0.05, 0.1) is 0 Å². The Morgan fingerprint density at radius 1 is 1.56 bits per heavy atom. The second kappa shape index (κ2) is 4.13. The summed E-state index contributed by atoms with van der Waals surface area (Å²) in [7, 11) is 0. The average molecular weight is 241 g/mol. The fraction of sp³-hybridized carbons (Fsp3) is 0.200. The predicted molar refractivity (Wildman–Crippen MR) is 58.5 cm³/mol. The van der Waals surface area contributed by atoms with Crippen LogP contribution in [-0.2, 0) is 4.79 Å². The predicted octanol–water partition coefficient (Wildman–Crippen LogP) is 1.48. The van der Waals surface area contributed by atoms with E-state index in [0.717, 1.165) is 6.07 Å². The van der Waals surface area contributed by atoms with Crippen molar-refractivity contribution in [2.24, 2.45) is 4.99 Å². The van der Waals surface area contributed by atoms with Gasteiger partial charge in [-0.15, -0.1) is 11.8 Å². The van der Waals surface area contributed by atoms with Crippen LogP contribution in [0.15, 0.2) is 23.2 Å². The van der Waals surface area contributed by atoms with Crippen molar-refractivity contribution < 1.29 is 19.4 Å². The molecule has 1 aromatic rings. The summed E-state index contributed by atoms with van der Waals surface area (Å²) in [5.41, 5.74) is 0.228. The molecule has 1 atom stereocenters. The van der Waals surface area contributed by atoms with Crippen molar-refractivity contribution >= 4 is 22.8 Å². The summed E-state index contributed by atoms with van der Waals surface area (Å²) in [5.74, 6) is -1.47. The van der Waals surface area contributed by atoms with Gasteiger partial charge >= 0.3 is 5.97 Å². The summed E-state index contributed by atoms with van der Waals surface area (Å²) < 4.78 is 13.4. The van der Waals surface area contributed by atoms with Crippen LogP contribution in [-0.4, -0.2) is 33.0 Å². The molecule has 0 amide bonds. The molecule has 1 aromatic carbocycles. The molecule has 4 nitrogen and oxygen atoms in total. The monoisotopic (exact) mass is 241 g/mol. The molecule has 1 aliphatic rings. The molecule has 16 heavy (non-hydrogen) atoms. The fourth-order valence-electron chi connectivity index (χ4n) is 1.33. The third-order valence-corrected chi connectivity index (χ3v) is 3.20. The first-order chi connectivity index (χ1) is 7.58. The molecule has 0 aliphatic carbocycles. The summed E-state index contributed by atoms with van der Waals surface area (Å²) in [6, 6.07) is 2.90. The largest absolute Gasteiger partial charge is 0.508 e. The second-order valence-electron chi connectivity index (χ2n) is 3.26. The summed E-state index contributed by atoms with van der Waals surface area (Å²) in [6.45, 7) is 0. The highest BCUT2D eigenvalue weighted by Gasteiger charge is 2.26. The number of carbonyl (C=O) groups is 1. The number of benzene rings is 1. The third-order valence-electron chi connectivity index (χ3n) is 2.12. The molecule has 1 heterocycles. The summed E-state index contributed by atoms with van der Waals surface area (Å²) >= 11 is 1.20. The summed E-state index contributed by atoms with van der Waals surface area (Å²) in [5, 5.41) is 18.1. The normalized spacial score (nSPS) is 19.6. The Morgan fingerprint density at radius 2 is 2.31 bits per heavy atom. The minimum atomic E-state index is -1.01. The lowest BCUT2D eigenvalue weighted by molar-refractivity contribution is -0.137. The van der Waals surface area contributed by atoms with E-state index in [1.54, 1.807) is 0 Å². The van der Waals surface area contributed by atoms with Gasteiger partial charge in [-0.3, -0.25) is 4.99 Å². The number of rotatable bonds is 2. The maximum absolute atomic E-state index is 13.4. The topological polar surface area (TPSA) is 69.9 Å². The lowest BCUT2D eigenvalue weighted by Gasteiger charge is -2.01. The molecule has 1 aliphatic heterocycles. The molecule has 6 heteroatoms. The van der Waals surface area contributed by atoms with E-state index in [4.69, 9.17) is 10.2 Å². The van der Waals surface area contributed by atoms with Gasteiger partial charge in [0, 0.05) is 17.4 Å². The van der Waals surface area contributed by atoms with Crippen molar-refractivity contribution in [2.45, 2.75) is 6.04 Å². The van der Waals surface area contributed by atoms with Crippen LogP contribution >= 0.6 is 11.8 Å². The number of aliphatic carboxylic acids is 1. The number of aromatic hydroxyl groups is 1. The van der Waals surface area contributed by atoms with Gasteiger partial charge in [0.25, 0.3) is 0 Å².